The summed E-state index contributed by atoms with van der Waals surface area (Å²) >= 11 is 0. The summed E-state index contributed by atoms with van der Waals surface area (Å²) in [4.78, 5) is 42.6. The number of aliphatic imine (C=N–C) groups is 1. The molecule has 0 aliphatic heterocycles. The van der Waals surface area contributed by atoms with Crippen molar-refractivity contribution < 1.29 is 28.6 Å². The van der Waals surface area contributed by atoms with Crippen LogP contribution in [-0.4, -0.2) is 76.8 Å². The van der Waals surface area contributed by atoms with Gasteiger partial charge < -0.3 is 24.4 Å². The van der Waals surface area contributed by atoms with Crippen LogP contribution in [0.1, 0.15) is 40.0 Å². The first kappa shape index (κ1) is 26.8. The van der Waals surface area contributed by atoms with Gasteiger partial charge in [0, 0.05) is 13.1 Å². The van der Waals surface area contributed by atoms with Crippen molar-refractivity contribution in [3.05, 3.63) is 0 Å². The predicted octanol–water partition coefficient (Wildman–Crippen LogP) is 1.46. The second kappa shape index (κ2) is 14.8. The van der Waals surface area contributed by atoms with Gasteiger partial charge in [-0.05, 0) is 46.8 Å². The van der Waals surface area contributed by atoms with Crippen LogP contribution in [0.3, 0.4) is 0 Å². The number of carbonyl (C=O) groups is 3. The molecular formula is C20H37N3O6. The lowest BCUT2D eigenvalue weighted by Crippen LogP contribution is -2.33. The zero-order valence-corrected chi connectivity index (χ0v) is 18.8. The minimum atomic E-state index is -0.615. The lowest BCUT2D eigenvalue weighted by Gasteiger charge is -2.20. The minimum Gasteiger partial charge on any atom is -0.469 e. The predicted molar refractivity (Wildman–Crippen MR) is 110 cm³/mol. The summed E-state index contributed by atoms with van der Waals surface area (Å²) in [5.41, 5.74) is 0. The third-order valence-electron chi connectivity index (χ3n) is 4.36. The van der Waals surface area contributed by atoms with E-state index < -0.39 is 35.7 Å². The standard InChI is InChI=1S/C20H37N3O6/c1-8-21-20(22-10-9-11-23(4)5)29-18(25)15(3)13-16(19(26)28-7)12-14(2)17(24)27-6/h14-16H,8-13H2,1-7H3,(H,21,22)/t14?,15?,16-/m0/s1. The first-order valence-corrected chi connectivity index (χ1v) is 9.96. The molecule has 1 N–H and O–H groups in total. The summed E-state index contributed by atoms with van der Waals surface area (Å²) in [6.07, 6.45) is 1.27. The monoisotopic (exact) mass is 415 g/mol. The Morgan fingerprint density at radius 2 is 1.52 bits per heavy atom. The Hall–Kier alpha value is -2.16. The van der Waals surface area contributed by atoms with Gasteiger partial charge in [-0.2, -0.15) is 0 Å². The molecule has 0 aromatic heterocycles. The maximum Gasteiger partial charge on any atom is 0.316 e. The van der Waals surface area contributed by atoms with Gasteiger partial charge in [0.2, 0.25) is 0 Å². The van der Waals surface area contributed by atoms with E-state index in [1.165, 1.54) is 14.2 Å². The maximum absolute atomic E-state index is 12.5. The highest BCUT2D eigenvalue weighted by molar-refractivity contribution is 5.88. The van der Waals surface area contributed by atoms with Crippen LogP contribution >= 0.6 is 0 Å². The highest BCUT2D eigenvalue weighted by Crippen LogP contribution is 2.23. The van der Waals surface area contributed by atoms with Crippen LogP contribution in [0.15, 0.2) is 4.99 Å². The fraction of sp³-hybridized carbons (Fsp3) is 0.800. The van der Waals surface area contributed by atoms with E-state index >= 15 is 0 Å². The first-order chi connectivity index (χ1) is 13.7. The van der Waals surface area contributed by atoms with E-state index in [2.05, 4.69) is 15.2 Å². The van der Waals surface area contributed by atoms with Gasteiger partial charge in [-0.3, -0.25) is 14.4 Å². The molecule has 0 fully saturated rings. The van der Waals surface area contributed by atoms with Crippen LogP contribution in [0.25, 0.3) is 0 Å². The van der Waals surface area contributed by atoms with Crippen molar-refractivity contribution in [1.82, 2.24) is 10.2 Å². The molecule has 0 aromatic rings. The van der Waals surface area contributed by atoms with Crippen molar-refractivity contribution in [2.45, 2.75) is 40.0 Å². The van der Waals surface area contributed by atoms with Crippen LogP contribution in [0, 0.1) is 17.8 Å². The molecule has 9 nitrogen and oxygen atoms in total. The molecule has 0 saturated carbocycles. The van der Waals surface area contributed by atoms with Gasteiger partial charge in [-0.15, -0.1) is 0 Å². The summed E-state index contributed by atoms with van der Waals surface area (Å²) < 4.78 is 14.9. The fourth-order valence-corrected chi connectivity index (χ4v) is 2.74. The summed E-state index contributed by atoms with van der Waals surface area (Å²) in [5.74, 6) is -3.04. The number of nitrogens with one attached hydrogen (secondary N) is 1. The zero-order valence-electron chi connectivity index (χ0n) is 18.8. The van der Waals surface area contributed by atoms with Gasteiger partial charge in [0.05, 0.1) is 32.0 Å². The van der Waals surface area contributed by atoms with Crippen molar-refractivity contribution in [2.75, 3.05) is 47.9 Å². The molecule has 0 heterocycles. The Morgan fingerprint density at radius 3 is 2.00 bits per heavy atom. The van der Waals surface area contributed by atoms with E-state index in [1.54, 1.807) is 13.8 Å². The Bertz CT molecular complexity index is 550. The molecule has 29 heavy (non-hydrogen) atoms. The van der Waals surface area contributed by atoms with Crippen molar-refractivity contribution in [3.8, 4) is 0 Å². The molecule has 0 aliphatic carbocycles. The van der Waals surface area contributed by atoms with E-state index in [0.717, 1.165) is 13.0 Å². The van der Waals surface area contributed by atoms with Crippen molar-refractivity contribution >= 4 is 23.9 Å². The van der Waals surface area contributed by atoms with E-state index in [1.807, 2.05) is 21.0 Å². The molecule has 0 amide bonds. The number of hydrogen-bond acceptors (Lipinski definition) is 8. The largest absolute Gasteiger partial charge is 0.469 e. The molecule has 0 spiro atoms. The lowest BCUT2D eigenvalue weighted by molar-refractivity contribution is -0.150. The van der Waals surface area contributed by atoms with E-state index in [4.69, 9.17) is 14.2 Å². The van der Waals surface area contributed by atoms with Crippen LogP contribution in [0.5, 0.6) is 0 Å². The molecule has 168 valence electrons. The molecule has 3 atom stereocenters. The third kappa shape index (κ3) is 11.4. The number of nitrogens with zero attached hydrogens (tertiary/aromatic N) is 2. The van der Waals surface area contributed by atoms with Gasteiger partial charge >= 0.3 is 17.9 Å². The van der Waals surface area contributed by atoms with Gasteiger partial charge in [0.1, 0.15) is 0 Å². The summed E-state index contributed by atoms with van der Waals surface area (Å²) in [7, 11) is 6.54. The number of hydrogen-bond donors (Lipinski definition) is 1. The third-order valence-corrected chi connectivity index (χ3v) is 4.36. The number of esters is 3. The van der Waals surface area contributed by atoms with E-state index in [0.29, 0.717) is 13.1 Å². The summed E-state index contributed by atoms with van der Waals surface area (Å²) in [6, 6.07) is 0.181. The van der Waals surface area contributed by atoms with Crippen LogP contribution in [0.4, 0.5) is 0 Å². The smallest absolute Gasteiger partial charge is 0.316 e. The second-order valence-corrected chi connectivity index (χ2v) is 7.31. The van der Waals surface area contributed by atoms with Gasteiger partial charge in [-0.1, -0.05) is 13.8 Å². The number of ether oxygens (including phenoxy) is 3. The average Bonchev–Trinajstić information content (AvgIpc) is 2.68. The molecule has 0 radical (unpaired) electrons. The Morgan fingerprint density at radius 1 is 0.966 bits per heavy atom. The zero-order chi connectivity index (χ0) is 22.4. The molecule has 0 rings (SSSR count). The van der Waals surface area contributed by atoms with Crippen LogP contribution < -0.4 is 5.32 Å². The number of methoxy groups -OCH3 is 2. The molecule has 0 bridgehead atoms. The van der Waals surface area contributed by atoms with E-state index in [-0.39, 0.29) is 18.9 Å². The number of carbonyl (C=O) groups excluding carboxylic acids is 3. The molecule has 0 aromatic carbocycles. The minimum absolute atomic E-state index is 0.181. The molecule has 0 aliphatic rings. The van der Waals surface area contributed by atoms with Gasteiger partial charge in [0.25, 0.3) is 6.02 Å². The highest BCUT2D eigenvalue weighted by atomic mass is 16.6. The van der Waals surface area contributed by atoms with Crippen LogP contribution in [0.2, 0.25) is 0 Å². The fourth-order valence-electron chi connectivity index (χ4n) is 2.74. The average molecular weight is 416 g/mol. The topological polar surface area (TPSA) is 107 Å². The van der Waals surface area contributed by atoms with Gasteiger partial charge in [0.15, 0.2) is 0 Å². The quantitative estimate of drug-likeness (QED) is 0.168. The normalized spacial score (nSPS) is 14.7. The first-order valence-electron chi connectivity index (χ1n) is 9.96. The highest BCUT2D eigenvalue weighted by Gasteiger charge is 2.30. The summed E-state index contributed by atoms with van der Waals surface area (Å²) in [5, 5.41) is 2.94. The Labute approximate surface area is 174 Å². The van der Waals surface area contributed by atoms with Gasteiger partial charge in [-0.25, -0.2) is 4.99 Å². The number of rotatable bonds is 12. The summed E-state index contributed by atoms with van der Waals surface area (Å²) in [6.45, 7) is 7.21. The molecule has 2 unspecified atom stereocenters. The maximum atomic E-state index is 12.5. The number of amidine groups is 1. The van der Waals surface area contributed by atoms with Crippen molar-refractivity contribution in [3.63, 3.8) is 0 Å². The Balaban J connectivity index is 4.93. The molecule has 9 heteroatoms. The van der Waals surface area contributed by atoms with Crippen molar-refractivity contribution in [1.29, 1.82) is 0 Å². The van der Waals surface area contributed by atoms with E-state index in [9.17, 15) is 14.4 Å². The lowest BCUT2D eigenvalue weighted by atomic mass is 9.88. The van der Waals surface area contributed by atoms with Crippen molar-refractivity contribution in [2.24, 2.45) is 22.7 Å². The SMILES string of the molecule is CCNC(=NCCCN(C)C)OC(=O)C(C)C[C@H](CC(C)C(=O)OC)C(=O)OC. The molecular weight excluding hydrogens is 378 g/mol. The van der Waals surface area contributed by atoms with Crippen LogP contribution in [-0.2, 0) is 28.6 Å². The molecule has 0 saturated heterocycles. The second-order valence-electron chi connectivity index (χ2n) is 7.31. The Kier molecular flexibility index (Phi) is 13.7.